The highest BCUT2D eigenvalue weighted by atomic mass is 16.5. The van der Waals surface area contributed by atoms with Crippen LogP contribution in [-0.2, 0) is 14.3 Å². The smallest absolute Gasteiger partial charge is 0.308 e. The van der Waals surface area contributed by atoms with Crippen molar-refractivity contribution in [2.45, 2.75) is 57.7 Å². The molecule has 0 unspecified atom stereocenters. The Balaban J connectivity index is 2.38. The SMILES string of the molecule is CN(C)CCCOC(=O)C[C@@](C)(O)[C@@H]1CCOC(C)(C)C1. The maximum atomic E-state index is 11.9. The molecule has 2 atom stereocenters. The Hall–Kier alpha value is -0.650. The van der Waals surface area contributed by atoms with Crippen LogP contribution < -0.4 is 0 Å². The molecule has 0 aromatic rings. The molecule has 0 saturated carbocycles. The summed E-state index contributed by atoms with van der Waals surface area (Å²) in [5, 5.41) is 10.6. The maximum absolute atomic E-state index is 11.9. The molecule has 0 aromatic carbocycles. The van der Waals surface area contributed by atoms with Gasteiger partial charge in [-0.15, -0.1) is 0 Å². The Bertz CT molecular complexity index is 339. The summed E-state index contributed by atoms with van der Waals surface area (Å²) in [6.07, 6.45) is 2.40. The van der Waals surface area contributed by atoms with Gasteiger partial charge in [0.2, 0.25) is 0 Å². The molecule has 1 rings (SSSR count). The second-order valence-electron chi connectivity index (χ2n) is 7.21. The van der Waals surface area contributed by atoms with Crippen molar-refractivity contribution in [2.24, 2.45) is 5.92 Å². The zero-order chi connectivity index (χ0) is 16.1. The van der Waals surface area contributed by atoms with E-state index in [1.54, 1.807) is 6.92 Å². The zero-order valence-electron chi connectivity index (χ0n) is 14.1. The number of carbonyl (C=O) groups excluding carboxylic acids is 1. The first-order valence-electron chi connectivity index (χ1n) is 7.79. The molecule has 124 valence electrons. The lowest BCUT2D eigenvalue weighted by Gasteiger charge is -2.42. The molecule has 0 bridgehead atoms. The molecule has 5 heteroatoms. The van der Waals surface area contributed by atoms with Gasteiger partial charge in [0.1, 0.15) is 0 Å². The molecule has 0 spiro atoms. The summed E-state index contributed by atoms with van der Waals surface area (Å²) in [5.41, 5.74) is -1.26. The van der Waals surface area contributed by atoms with Crippen molar-refractivity contribution in [3.8, 4) is 0 Å². The molecule has 21 heavy (non-hydrogen) atoms. The number of hydrogen-bond donors (Lipinski definition) is 1. The molecule has 1 N–H and O–H groups in total. The predicted molar refractivity (Wildman–Crippen MR) is 82.1 cm³/mol. The number of carbonyl (C=O) groups is 1. The van der Waals surface area contributed by atoms with E-state index in [0.717, 1.165) is 25.8 Å². The number of hydrogen-bond acceptors (Lipinski definition) is 5. The molecule has 0 amide bonds. The van der Waals surface area contributed by atoms with Gasteiger partial charge in [-0.2, -0.15) is 0 Å². The summed E-state index contributed by atoms with van der Waals surface area (Å²) in [5.74, 6) is -0.251. The van der Waals surface area contributed by atoms with Crippen LogP contribution in [0.2, 0.25) is 0 Å². The molecule has 5 nitrogen and oxygen atoms in total. The van der Waals surface area contributed by atoms with Crippen LogP contribution in [0.1, 0.15) is 46.5 Å². The third-order valence-corrected chi connectivity index (χ3v) is 4.09. The van der Waals surface area contributed by atoms with Gasteiger partial charge in [0.15, 0.2) is 0 Å². The van der Waals surface area contributed by atoms with Crippen LogP contribution in [0, 0.1) is 5.92 Å². The van der Waals surface area contributed by atoms with Gasteiger partial charge < -0.3 is 19.5 Å². The van der Waals surface area contributed by atoms with Crippen molar-refractivity contribution >= 4 is 5.97 Å². The van der Waals surface area contributed by atoms with E-state index in [0.29, 0.717) is 13.2 Å². The first-order chi connectivity index (χ1) is 9.62. The average Bonchev–Trinajstić information content (AvgIpc) is 2.32. The molecule has 0 aliphatic carbocycles. The van der Waals surface area contributed by atoms with Gasteiger partial charge >= 0.3 is 5.97 Å². The highest BCUT2D eigenvalue weighted by Gasteiger charge is 2.40. The Morgan fingerprint density at radius 1 is 1.48 bits per heavy atom. The van der Waals surface area contributed by atoms with Gasteiger partial charge in [-0.25, -0.2) is 0 Å². The second-order valence-corrected chi connectivity index (χ2v) is 7.21. The topological polar surface area (TPSA) is 59.0 Å². The van der Waals surface area contributed by atoms with Gasteiger partial charge in [-0.05, 0) is 60.0 Å². The lowest BCUT2D eigenvalue weighted by atomic mass is 9.76. The summed E-state index contributed by atoms with van der Waals surface area (Å²) in [6.45, 7) is 7.71. The third kappa shape index (κ3) is 6.76. The average molecular weight is 301 g/mol. The zero-order valence-corrected chi connectivity index (χ0v) is 14.1. The minimum atomic E-state index is -1.03. The van der Waals surface area contributed by atoms with Crippen molar-refractivity contribution in [3.05, 3.63) is 0 Å². The Morgan fingerprint density at radius 3 is 2.71 bits per heavy atom. The van der Waals surface area contributed by atoms with Crippen molar-refractivity contribution < 1.29 is 19.4 Å². The van der Waals surface area contributed by atoms with E-state index in [1.807, 2.05) is 32.8 Å². The van der Waals surface area contributed by atoms with Crippen LogP contribution in [0.5, 0.6) is 0 Å². The second kappa shape index (κ2) is 7.56. The van der Waals surface area contributed by atoms with Gasteiger partial charge in [0, 0.05) is 13.2 Å². The maximum Gasteiger partial charge on any atom is 0.308 e. The van der Waals surface area contributed by atoms with Crippen LogP contribution in [0.25, 0.3) is 0 Å². The van der Waals surface area contributed by atoms with Crippen LogP contribution in [-0.4, -0.2) is 61.0 Å². The summed E-state index contributed by atoms with van der Waals surface area (Å²) in [4.78, 5) is 13.9. The number of aliphatic hydroxyl groups is 1. The Labute approximate surface area is 128 Å². The number of esters is 1. The fourth-order valence-electron chi connectivity index (χ4n) is 2.82. The summed E-state index contributed by atoms with van der Waals surface area (Å²) in [7, 11) is 3.97. The molecule has 0 radical (unpaired) electrons. The van der Waals surface area contributed by atoms with Crippen LogP contribution in [0.4, 0.5) is 0 Å². The van der Waals surface area contributed by atoms with Crippen LogP contribution in [0.15, 0.2) is 0 Å². The fourth-order valence-corrected chi connectivity index (χ4v) is 2.82. The number of nitrogens with zero attached hydrogens (tertiary/aromatic N) is 1. The predicted octanol–water partition coefficient (Wildman–Crippen LogP) is 1.83. The van der Waals surface area contributed by atoms with Gasteiger partial charge in [-0.3, -0.25) is 4.79 Å². The lowest BCUT2D eigenvalue weighted by Crippen LogP contribution is -2.45. The minimum absolute atomic E-state index is 0.0513. The largest absolute Gasteiger partial charge is 0.466 e. The molecule has 1 aliphatic heterocycles. The summed E-state index contributed by atoms with van der Waals surface area (Å²) >= 11 is 0. The highest BCUT2D eigenvalue weighted by Crippen LogP contribution is 2.37. The van der Waals surface area contributed by atoms with Crippen LogP contribution >= 0.6 is 0 Å². The lowest BCUT2D eigenvalue weighted by molar-refractivity contribution is -0.158. The number of ether oxygens (including phenoxy) is 2. The van der Waals surface area contributed by atoms with E-state index >= 15 is 0 Å². The van der Waals surface area contributed by atoms with E-state index < -0.39 is 5.60 Å². The van der Waals surface area contributed by atoms with Gasteiger partial charge in [-0.1, -0.05) is 0 Å². The van der Waals surface area contributed by atoms with Crippen molar-refractivity contribution in [2.75, 3.05) is 33.9 Å². The minimum Gasteiger partial charge on any atom is -0.466 e. The first-order valence-corrected chi connectivity index (χ1v) is 7.79. The van der Waals surface area contributed by atoms with E-state index in [2.05, 4.69) is 0 Å². The fraction of sp³-hybridized carbons (Fsp3) is 0.938. The normalized spacial score (nSPS) is 24.6. The Kier molecular flexibility index (Phi) is 6.63. The molecular formula is C16H31NO4. The monoisotopic (exact) mass is 301 g/mol. The van der Waals surface area contributed by atoms with Crippen molar-refractivity contribution in [1.82, 2.24) is 4.90 Å². The molecule has 1 aliphatic rings. The van der Waals surface area contributed by atoms with E-state index in [4.69, 9.17) is 9.47 Å². The summed E-state index contributed by atoms with van der Waals surface area (Å²) < 4.78 is 10.9. The highest BCUT2D eigenvalue weighted by molar-refractivity contribution is 5.70. The standard InChI is InChI=1S/C16H31NO4/c1-15(2)11-13(7-10-21-15)16(3,19)12-14(18)20-9-6-8-17(4)5/h13,19H,6-12H2,1-5H3/t13-,16-/m1/s1. The van der Waals surface area contributed by atoms with Gasteiger partial charge in [0.25, 0.3) is 0 Å². The molecule has 0 aromatic heterocycles. The first kappa shape index (κ1) is 18.4. The van der Waals surface area contributed by atoms with E-state index in [-0.39, 0.29) is 23.9 Å². The van der Waals surface area contributed by atoms with E-state index in [9.17, 15) is 9.90 Å². The van der Waals surface area contributed by atoms with Gasteiger partial charge in [0.05, 0.1) is 24.2 Å². The molecule has 1 fully saturated rings. The Morgan fingerprint density at radius 2 is 2.14 bits per heavy atom. The molecule has 1 saturated heterocycles. The van der Waals surface area contributed by atoms with Crippen LogP contribution in [0.3, 0.4) is 0 Å². The van der Waals surface area contributed by atoms with Crippen molar-refractivity contribution in [3.63, 3.8) is 0 Å². The molecular weight excluding hydrogens is 270 g/mol. The van der Waals surface area contributed by atoms with Crippen molar-refractivity contribution in [1.29, 1.82) is 0 Å². The van der Waals surface area contributed by atoms with E-state index in [1.165, 1.54) is 0 Å². The summed E-state index contributed by atoms with van der Waals surface area (Å²) in [6, 6.07) is 0. The third-order valence-electron chi connectivity index (χ3n) is 4.09. The quantitative estimate of drug-likeness (QED) is 0.574. The number of rotatable bonds is 7. The molecule has 1 heterocycles.